The molecule has 2 aliphatic heterocycles. The van der Waals surface area contributed by atoms with Gasteiger partial charge in [0.05, 0.1) is 13.2 Å². The second-order valence-electron chi connectivity index (χ2n) is 5.84. The van der Waals surface area contributed by atoms with Crippen molar-refractivity contribution in [3.8, 4) is 0 Å². The lowest BCUT2D eigenvalue weighted by Crippen LogP contribution is -2.63. The van der Waals surface area contributed by atoms with Gasteiger partial charge in [0, 0.05) is 0 Å². The summed E-state index contributed by atoms with van der Waals surface area (Å²) in [4.78, 5) is 33.1. The normalized spacial score (nSPS) is 46.5. The van der Waals surface area contributed by atoms with Crippen LogP contribution in [0.3, 0.4) is 0 Å². The second-order valence-corrected chi connectivity index (χ2v) is 5.84. The van der Waals surface area contributed by atoms with Crippen LogP contribution in [-0.4, -0.2) is 100.0 Å². The third-order valence-corrected chi connectivity index (χ3v) is 4.34. The van der Waals surface area contributed by atoms with Crippen molar-refractivity contribution in [2.45, 2.75) is 61.2 Å². The van der Waals surface area contributed by atoms with Gasteiger partial charge in [-0.05, 0) is 0 Å². The van der Waals surface area contributed by atoms with Crippen LogP contribution in [0.4, 0.5) is 0 Å². The zero-order chi connectivity index (χ0) is 19.4. The molecule has 2 rings (SSSR count). The molecule has 26 heavy (non-hydrogen) atoms. The standard InChI is InChI=1S/C12H19N3O11/c16-1-3-5(13-21)6(14-22)7(15-23)12(25-3)26-10-4(2-17)24-11(20)9(19)8(10)18/h3-12,16-20H,1-2H2. The molecule has 2 fully saturated rings. The molecule has 2 saturated heterocycles. The van der Waals surface area contributed by atoms with Gasteiger partial charge in [-0.1, -0.05) is 15.5 Å². The fraction of sp³-hybridized carbons (Fsp3) is 1.00. The minimum absolute atomic E-state index is 0.741. The SMILES string of the molecule is O=NC1C(CO)OC(OC2C(CO)OC(O)C(O)C2O)C(N=O)C1N=O. The largest absolute Gasteiger partial charge is 0.394 e. The van der Waals surface area contributed by atoms with Crippen molar-refractivity contribution in [1.82, 2.24) is 0 Å². The molecule has 5 N–H and O–H groups in total. The van der Waals surface area contributed by atoms with Crippen LogP contribution in [0.1, 0.15) is 0 Å². The van der Waals surface area contributed by atoms with Crippen molar-refractivity contribution >= 4 is 0 Å². The van der Waals surface area contributed by atoms with E-state index in [0.717, 1.165) is 0 Å². The van der Waals surface area contributed by atoms with Crippen LogP contribution < -0.4 is 0 Å². The number of hydrogen-bond acceptors (Lipinski definition) is 14. The third kappa shape index (κ3) is 3.77. The highest BCUT2D eigenvalue weighted by Gasteiger charge is 2.53. The van der Waals surface area contributed by atoms with E-state index < -0.39 is 74.4 Å². The van der Waals surface area contributed by atoms with E-state index in [2.05, 4.69) is 15.5 Å². The highest BCUT2D eigenvalue weighted by atomic mass is 16.7. The molecule has 10 atom stereocenters. The van der Waals surface area contributed by atoms with E-state index in [4.69, 9.17) is 14.2 Å². The van der Waals surface area contributed by atoms with E-state index in [1.165, 1.54) is 0 Å². The Kier molecular flexibility index (Phi) is 7.13. The van der Waals surface area contributed by atoms with Gasteiger partial charge in [-0.25, -0.2) is 0 Å². The van der Waals surface area contributed by atoms with Crippen LogP contribution in [0, 0.1) is 14.7 Å². The van der Waals surface area contributed by atoms with Gasteiger partial charge < -0.3 is 39.7 Å². The van der Waals surface area contributed by atoms with E-state index in [-0.39, 0.29) is 0 Å². The van der Waals surface area contributed by atoms with Crippen LogP contribution >= 0.6 is 0 Å². The zero-order valence-corrected chi connectivity index (χ0v) is 13.2. The molecule has 2 aliphatic rings. The number of aliphatic hydroxyl groups is 5. The minimum atomic E-state index is -1.80. The van der Waals surface area contributed by atoms with Crippen LogP contribution in [0.5, 0.6) is 0 Å². The molecule has 10 unspecified atom stereocenters. The summed E-state index contributed by atoms with van der Waals surface area (Å²) in [6.45, 7) is -1.50. The van der Waals surface area contributed by atoms with Gasteiger partial charge in [-0.3, -0.25) is 0 Å². The van der Waals surface area contributed by atoms with Crippen molar-refractivity contribution < 1.29 is 39.7 Å². The van der Waals surface area contributed by atoms with E-state index in [0.29, 0.717) is 0 Å². The van der Waals surface area contributed by atoms with Crippen molar-refractivity contribution in [1.29, 1.82) is 0 Å². The van der Waals surface area contributed by atoms with E-state index in [1.807, 2.05) is 0 Å². The summed E-state index contributed by atoms with van der Waals surface area (Å²) in [5, 5.41) is 55.7. The van der Waals surface area contributed by atoms with Crippen LogP contribution in [0.15, 0.2) is 15.5 Å². The number of nitrogens with zero attached hydrogens (tertiary/aromatic N) is 3. The first-order valence-electron chi connectivity index (χ1n) is 7.63. The molecule has 0 saturated carbocycles. The summed E-state index contributed by atoms with van der Waals surface area (Å²) < 4.78 is 15.5. The van der Waals surface area contributed by atoms with E-state index in [1.54, 1.807) is 0 Å². The average Bonchev–Trinajstić information content (AvgIpc) is 2.66. The minimum Gasteiger partial charge on any atom is -0.394 e. The third-order valence-electron chi connectivity index (χ3n) is 4.34. The average molecular weight is 381 g/mol. The van der Waals surface area contributed by atoms with Crippen LogP contribution in [-0.2, 0) is 14.2 Å². The molecular weight excluding hydrogens is 362 g/mol. The van der Waals surface area contributed by atoms with Gasteiger partial charge in [0.2, 0.25) is 0 Å². The lowest BCUT2D eigenvalue weighted by Gasteiger charge is -2.44. The summed E-state index contributed by atoms with van der Waals surface area (Å²) in [7, 11) is 0. The molecule has 0 aromatic heterocycles. The first kappa shape index (κ1) is 20.8. The fourth-order valence-corrected chi connectivity index (χ4v) is 2.94. The van der Waals surface area contributed by atoms with Gasteiger partial charge in [0.1, 0.15) is 36.6 Å². The molecular formula is C12H19N3O11. The second kappa shape index (κ2) is 8.92. The Morgan fingerprint density at radius 3 is 1.85 bits per heavy atom. The summed E-state index contributed by atoms with van der Waals surface area (Å²) in [5.41, 5.74) is 0. The number of aliphatic hydroxyl groups excluding tert-OH is 5. The molecule has 0 amide bonds. The molecule has 0 radical (unpaired) electrons. The predicted octanol–water partition coefficient (Wildman–Crippen LogP) is -3.07. The molecule has 0 bridgehead atoms. The first-order valence-corrected chi connectivity index (χ1v) is 7.63. The van der Waals surface area contributed by atoms with Crippen molar-refractivity contribution in [2.75, 3.05) is 13.2 Å². The van der Waals surface area contributed by atoms with E-state index in [9.17, 15) is 40.3 Å². The molecule has 14 nitrogen and oxygen atoms in total. The maximum atomic E-state index is 11.1. The molecule has 0 aromatic rings. The smallest absolute Gasteiger partial charge is 0.186 e. The van der Waals surface area contributed by atoms with Gasteiger partial charge in [0.15, 0.2) is 24.7 Å². The molecule has 0 spiro atoms. The Morgan fingerprint density at radius 2 is 1.35 bits per heavy atom. The molecule has 0 aliphatic carbocycles. The number of nitroso groups, excluding NO2 is 3. The fourth-order valence-electron chi connectivity index (χ4n) is 2.94. The Labute approximate surface area is 145 Å². The number of ether oxygens (including phenoxy) is 3. The Morgan fingerprint density at radius 1 is 0.769 bits per heavy atom. The highest BCUT2D eigenvalue weighted by molar-refractivity contribution is 5.02. The topological polar surface area (TPSA) is 217 Å². The summed E-state index contributed by atoms with van der Waals surface area (Å²) in [5.74, 6) is 0. The molecule has 148 valence electrons. The predicted molar refractivity (Wildman–Crippen MR) is 79.3 cm³/mol. The first-order chi connectivity index (χ1) is 12.4. The van der Waals surface area contributed by atoms with Crippen molar-refractivity contribution in [2.24, 2.45) is 15.5 Å². The quantitative estimate of drug-likeness (QED) is 0.278. The summed E-state index contributed by atoms with van der Waals surface area (Å²) in [6, 6.07) is -4.76. The maximum Gasteiger partial charge on any atom is 0.186 e. The van der Waals surface area contributed by atoms with Gasteiger partial charge >= 0.3 is 0 Å². The molecule has 2 heterocycles. The molecule has 14 heteroatoms. The summed E-state index contributed by atoms with van der Waals surface area (Å²) in [6.07, 6.45) is -11.2. The lowest BCUT2D eigenvalue weighted by molar-refractivity contribution is -0.329. The lowest BCUT2D eigenvalue weighted by atomic mass is 9.93. The summed E-state index contributed by atoms with van der Waals surface area (Å²) >= 11 is 0. The Hall–Kier alpha value is -1.52. The highest BCUT2D eigenvalue weighted by Crippen LogP contribution is 2.32. The Balaban J connectivity index is 2.25. The van der Waals surface area contributed by atoms with Gasteiger partial charge in [0.25, 0.3) is 0 Å². The van der Waals surface area contributed by atoms with Crippen molar-refractivity contribution in [3.05, 3.63) is 14.7 Å². The van der Waals surface area contributed by atoms with Crippen LogP contribution in [0.25, 0.3) is 0 Å². The Bertz CT molecular complexity index is 509. The maximum absolute atomic E-state index is 11.1. The zero-order valence-electron chi connectivity index (χ0n) is 13.2. The molecule has 0 aromatic carbocycles. The van der Waals surface area contributed by atoms with Crippen LogP contribution in [0.2, 0.25) is 0 Å². The van der Waals surface area contributed by atoms with E-state index >= 15 is 0 Å². The van der Waals surface area contributed by atoms with Crippen molar-refractivity contribution in [3.63, 3.8) is 0 Å². The van der Waals surface area contributed by atoms with Gasteiger partial charge in [-0.15, -0.1) is 0 Å². The number of hydrogen-bond donors (Lipinski definition) is 5. The monoisotopic (exact) mass is 381 g/mol. The van der Waals surface area contributed by atoms with Gasteiger partial charge in [-0.2, -0.15) is 14.7 Å². The number of rotatable bonds is 7.